The van der Waals surface area contributed by atoms with E-state index in [0.717, 1.165) is 12.8 Å². The maximum absolute atomic E-state index is 11.8. The van der Waals surface area contributed by atoms with Crippen LogP contribution < -0.4 is 16.0 Å². The number of carbonyl (C=O) groups is 2. The van der Waals surface area contributed by atoms with E-state index in [9.17, 15) is 9.59 Å². The van der Waals surface area contributed by atoms with Gasteiger partial charge in [0.1, 0.15) is 5.54 Å². The molecule has 15 heavy (non-hydrogen) atoms. The van der Waals surface area contributed by atoms with Gasteiger partial charge in [0.2, 0.25) is 5.91 Å². The van der Waals surface area contributed by atoms with Gasteiger partial charge in [0.05, 0.1) is 0 Å². The second kappa shape index (κ2) is 4.51. The smallest absolute Gasteiger partial charge is 0.315 e. The number of hydrogen-bond acceptors (Lipinski definition) is 2. The number of carbonyl (C=O) groups excluding carboxylic acids is 2. The van der Waals surface area contributed by atoms with Gasteiger partial charge in [-0.1, -0.05) is 0 Å². The van der Waals surface area contributed by atoms with Crippen LogP contribution >= 0.6 is 0 Å². The van der Waals surface area contributed by atoms with Crippen molar-refractivity contribution in [3.05, 3.63) is 0 Å². The highest BCUT2D eigenvalue weighted by atomic mass is 16.2. The van der Waals surface area contributed by atoms with Gasteiger partial charge < -0.3 is 16.0 Å². The Balaban J connectivity index is 2.43. The number of nitrogens with one attached hydrogen (secondary N) is 3. The number of hydrogen-bond donors (Lipinski definition) is 3. The largest absolute Gasteiger partial charge is 0.351 e. The fraction of sp³-hybridized carbons (Fsp3) is 0.800. The summed E-state index contributed by atoms with van der Waals surface area (Å²) in [4.78, 5) is 22.9. The SMILES string of the molecule is CNC(=O)NC(C)(C)C(=O)NC1CCC1. The Hall–Kier alpha value is -1.26. The molecule has 0 aromatic rings. The van der Waals surface area contributed by atoms with Crippen molar-refractivity contribution in [3.8, 4) is 0 Å². The number of urea groups is 1. The predicted octanol–water partition coefficient (Wildman–Crippen LogP) is 0.363. The first kappa shape index (κ1) is 11.8. The molecule has 0 bridgehead atoms. The summed E-state index contributed by atoms with van der Waals surface area (Å²) in [6, 6.07) is -0.0491. The summed E-state index contributed by atoms with van der Waals surface area (Å²) in [6.45, 7) is 3.38. The molecule has 0 aliphatic heterocycles. The molecule has 0 radical (unpaired) electrons. The molecule has 0 heterocycles. The lowest BCUT2D eigenvalue weighted by atomic mass is 9.92. The van der Waals surface area contributed by atoms with Gasteiger partial charge in [-0.25, -0.2) is 4.79 Å². The maximum atomic E-state index is 11.8. The van der Waals surface area contributed by atoms with Crippen LogP contribution in [0.25, 0.3) is 0 Å². The van der Waals surface area contributed by atoms with Crippen molar-refractivity contribution in [2.75, 3.05) is 7.05 Å². The van der Waals surface area contributed by atoms with Crippen LogP contribution in [0.2, 0.25) is 0 Å². The van der Waals surface area contributed by atoms with Gasteiger partial charge in [0, 0.05) is 13.1 Å². The third-order valence-corrected chi connectivity index (χ3v) is 2.66. The van der Waals surface area contributed by atoms with Crippen molar-refractivity contribution < 1.29 is 9.59 Å². The van der Waals surface area contributed by atoms with Gasteiger partial charge in [-0.3, -0.25) is 4.79 Å². The third-order valence-electron chi connectivity index (χ3n) is 2.66. The van der Waals surface area contributed by atoms with Crippen LogP contribution in [0.1, 0.15) is 33.1 Å². The number of amides is 3. The highest BCUT2D eigenvalue weighted by molar-refractivity contribution is 5.90. The van der Waals surface area contributed by atoms with E-state index in [0.29, 0.717) is 6.04 Å². The fourth-order valence-electron chi connectivity index (χ4n) is 1.32. The summed E-state index contributed by atoms with van der Waals surface area (Å²) in [6.07, 6.45) is 3.26. The zero-order valence-electron chi connectivity index (χ0n) is 9.52. The van der Waals surface area contributed by atoms with Crippen molar-refractivity contribution in [3.63, 3.8) is 0 Å². The van der Waals surface area contributed by atoms with Crippen LogP contribution in [0.3, 0.4) is 0 Å². The lowest BCUT2D eigenvalue weighted by Crippen LogP contribution is -2.59. The van der Waals surface area contributed by atoms with Crippen LogP contribution in [-0.4, -0.2) is 30.6 Å². The average Bonchev–Trinajstić information content (AvgIpc) is 2.09. The Kier molecular flexibility index (Phi) is 3.55. The second-order valence-electron chi connectivity index (χ2n) is 4.43. The quantitative estimate of drug-likeness (QED) is 0.633. The van der Waals surface area contributed by atoms with E-state index in [2.05, 4.69) is 16.0 Å². The van der Waals surface area contributed by atoms with Gasteiger partial charge in [0.25, 0.3) is 0 Å². The molecule has 86 valence electrons. The first-order valence-corrected chi connectivity index (χ1v) is 5.26. The summed E-state index contributed by atoms with van der Waals surface area (Å²) >= 11 is 0. The van der Waals surface area contributed by atoms with Crippen LogP contribution in [0.15, 0.2) is 0 Å². The van der Waals surface area contributed by atoms with Crippen molar-refractivity contribution >= 4 is 11.9 Å². The first-order valence-electron chi connectivity index (χ1n) is 5.26. The van der Waals surface area contributed by atoms with E-state index in [-0.39, 0.29) is 11.9 Å². The lowest BCUT2D eigenvalue weighted by Gasteiger charge is -2.32. The molecule has 3 amide bonds. The molecule has 0 unspecified atom stereocenters. The summed E-state index contributed by atoms with van der Waals surface area (Å²) in [7, 11) is 1.52. The normalized spacial score (nSPS) is 16.5. The molecule has 1 aliphatic carbocycles. The van der Waals surface area contributed by atoms with E-state index in [1.165, 1.54) is 13.5 Å². The summed E-state index contributed by atoms with van der Waals surface area (Å²) in [5.74, 6) is -0.129. The molecule has 1 aliphatic rings. The summed E-state index contributed by atoms with van der Waals surface area (Å²) < 4.78 is 0. The topological polar surface area (TPSA) is 70.2 Å². The predicted molar refractivity (Wildman–Crippen MR) is 57.5 cm³/mol. The third kappa shape index (κ3) is 3.11. The maximum Gasteiger partial charge on any atom is 0.315 e. The fourth-order valence-corrected chi connectivity index (χ4v) is 1.32. The Bertz CT molecular complexity index is 259. The Morgan fingerprint density at radius 2 is 1.87 bits per heavy atom. The summed E-state index contributed by atoms with van der Waals surface area (Å²) in [5.41, 5.74) is -0.865. The molecule has 1 saturated carbocycles. The van der Waals surface area contributed by atoms with Crippen LogP contribution in [0, 0.1) is 0 Å². The molecule has 0 atom stereocenters. The van der Waals surface area contributed by atoms with Gasteiger partial charge in [-0.05, 0) is 33.1 Å². The molecule has 1 fully saturated rings. The van der Waals surface area contributed by atoms with Gasteiger partial charge in [0.15, 0.2) is 0 Å². The minimum absolute atomic E-state index is 0.129. The zero-order valence-corrected chi connectivity index (χ0v) is 9.52. The van der Waals surface area contributed by atoms with Crippen molar-refractivity contribution in [1.82, 2.24) is 16.0 Å². The number of rotatable bonds is 3. The van der Waals surface area contributed by atoms with Crippen LogP contribution in [-0.2, 0) is 4.79 Å². The van der Waals surface area contributed by atoms with Gasteiger partial charge in [-0.15, -0.1) is 0 Å². The second-order valence-corrected chi connectivity index (χ2v) is 4.43. The Morgan fingerprint density at radius 3 is 2.27 bits per heavy atom. The van der Waals surface area contributed by atoms with Crippen LogP contribution in [0.5, 0.6) is 0 Å². The molecule has 0 aromatic carbocycles. The first-order chi connectivity index (χ1) is 6.95. The van der Waals surface area contributed by atoms with Gasteiger partial charge >= 0.3 is 6.03 Å². The highest BCUT2D eigenvalue weighted by Gasteiger charge is 2.31. The molecule has 3 N–H and O–H groups in total. The van der Waals surface area contributed by atoms with Crippen molar-refractivity contribution in [2.24, 2.45) is 0 Å². The molecule has 0 spiro atoms. The van der Waals surface area contributed by atoms with E-state index in [1.807, 2.05) is 0 Å². The molecule has 5 nitrogen and oxygen atoms in total. The molecule has 5 heteroatoms. The minimum Gasteiger partial charge on any atom is -0.351 e. The van der Waals surface area contributed by atoms with E-state index in [4.69, 9.17) is 0 Å². The Labute approximate surface area is 90.0 Å². The minimum atomic E-state index is -0.865. The highest BCUT2D eigenvalue weighted by Crippen LogP contribution is 2.18. The Morgan fingerprint density at radius 1 is 1.27 bits per heavy atom. The zero-order chi connectivity index (χ0) is 11.5. The van der Waals surface area contributed by atoms with E-state index < -0.39 is 5.54 Å². The molecule has 0 aromatic heterocycles. The van der Waals surface area contributed by atoms with Gasteiger partial charge in [-0.2, -0.15) is 0 Å². The standard InChI is InChI=1S/C10H19N3O2/c1-10(2,13-9(15)11-3)8(14)12-7-5-4-6-7/h7H,4-6H2,1-3H3,(H,12,14)(H2,11,13,15). The van der Waals surface area contributed by atoms with Crippen LogP contribution in [0.4, 0.5) is 4.79 Å². The summed E-state index contributed by atoms with van der Waals surface area (Å²) in [5, 5.41) is 7.93. The molecule has 0 saturated heterocycles. The monoisotopic (exact) mass is 213 g/mol. The molecule has 1 rings (SSSR count). The van der Waals surface area contributed by atoms with E-state index in [1.54, 1.807) is 13.8 Å². The molecular formula is C10H19N3O2. The average molecular weight is 213 g/mol. The van der Waals surface area contributed by atoms with Crippen molar-refractivity contribution in [1.29, 1.82) is 0 Å². The molecular weight excluding hydrogens is 194 g/mol. The van der Waals surface area contributed by atoms with E-state index >= 15 is 0 Å². The van der Waals surface area contributed by atoms with Crippen molar-refractivity contribution in [2.45, 2.75) is 44.7 Å². The lowest BCUT2D eigenvalue weighted by molar-refractivity contribution is -0.127.